The van der Waals surface area contributed by atoms with Crippen LogP contribution in [0.1, 0.15) is 31.8 Å². The lowest BCUT2D eigenvalue weighted by Gasteiger charge is -2.13. The SMILES string of the molecule is O=C(NCc1ccccc1OC(F)F)c1ccccc1C(=O)c1ccccc1. The molecule has 3 rings (SSSR count). The lowest BCUT2D eigenvalue weighted by molar-refractivity contribution is -0.0504. The summed E-state index contributed by atoms with van der Waals surface area (Å²) in [6, 6.07) is 21.3. The first-order valence-corrected chi connectivity index (χ1v) is 8.56. The zero-order chi connectivity index (χ0) is 19.9. The Morgan fingerprint density at radius 3 is 2.14 bits per heavy atom. The van der Waals surface area contributed by atoms with Crippen molar-refractivity contribution in [3.05, 3.63) is 101 Å². The summed E-state index contributed by atoms with van der Waals surface area (Å²) in [6.45, 7) is -2.98. The number of rotatable bonds is 7. The van der Waals surface area contributed by atoms with Crippen molar-refractivity contribution in [2.75, 3.05) is 0 Å². The zero-order valence-electron chi connectivity index (χ0n) is 14.8. The van der Waals surface area contributed by atoms with E-state index in [0.717, 1.165) is 0 Å². The molecule has 0 saturated carbocycles. The third kappa shape index (κ3) is 4.59. The van der Waals surface area contributed by atoms with E-state index in [4.69, 9.17) is 0 Å². The van der Waals surface area contributed by atoms with Crippen LogP contribution in [-0.4, -0.2) is 18.3 Å². The van der Waals surface area contributed by atoms with E-state index in [9.17, 15) is 18.4 Å². The molecule has 1 amide bonds. The number of carbonyl (C=O) groups excluding carboxylic acids is 2. The molecule has 0 aromatic heterocycles. The van der Waals surface area contributed by atoms with Gasteiger partial charge < -0.3 is 10.1 Å². The number of ether oxygens (including phenoxy) is 1. The molecule has 0 heterocycles. The van der Waals surface area contributed by atoms with Crippen molar-refractivity contribution in [1.82, 2.24) is 5.32 Å². The summed E-state index contributed by atoms with van der Waals surface area (Å²) in [5.74, 6) is -0.758. The molecule has 0 unspecified atom stereocenters. The molecule has 0 aliphatic rings. The van der Waals surface area contributed by atoms with E-state index < -0.39 is 12.5 Å². The van der Waals surface area contributed by atoms with Gasteiger partial charge in [0, 0.05) is 23.2 Å². The molecule has 6 heteroatoms. The van der Waals surface area contributed by atoms with Gasteiger partial charge in [-0.1, -0.05) is 66.7 Å². The van der Waals surface area contributed by atoms with Crippen LogP contribution in [-0.2, 0) is 6.54 Å². The number of alkyl halides is 2. The molecule has 0 atom stereocenters. The molecule has 142 valence electrons. The first-order chi connectivity index (χ1) is 13.6. The number of halogens is 2. The minimum absolute atomic E-state index is 0.00792. The maximum Gasteiger partial charge on any atom is 0.387 e. The fourth-order valence-electron chi connectivity index (χ4n) is 2.76. The molecular weight excluding hydrogens is 364 g/mol. The lowest BCUT2D eigenvalue weighted by atomic mass is 9.98. The third-order valence-electron chi connectivity index (χ3n) is 4.08. The standard InChI is InChI=1S/C22H17F2NO3/c23-22(24)28-19-13-7-4-10-16(19)14-25-21(27)18-12-6-5-11-17(18)20(26)15-8-2-1-3-9-15/h1-13,22H,14H2,(H,25,27). The highest BCUT2D eigenvalue weighted by molar-refractivity contribution is 6.15. The fraction of sp³-hybridized carbons (Fsp3) is 0.0909. The highest BCUT2D eigenvalue weighted by Crippen LogP contribution is 2.20. The first-order valence-electron chi connectivity index (χ1n) is 8.56. The normalized spacial score (nSPS) is 10.5. The van der Waals surface area contributed by atoms with Crippen molar-refractivity contribution >= 4 is 11.7 Å². The second-order valence-corrected chi connectivity index (χ2v) is 5.91. The molecule has 0 saturated heterocycles. The molecular formula is C22H17F2NO3. The van der Waals surface area contributed by atoms with Crippen molar-refractivity contribution in [2.24, 2.45) is 0 Å². The summed E-state index contributed by atoms with van der Waals surface area (Å²) in [5, 5.41) is 2.66. The maximum absolute atomic E-state index is 12.7. The average molecular weight is 381 g/mol. The van der Waals surface area contributed by atoms with E-state index in [2.05, 4.69) is 10.1 Å². The van der Waals surface area contributed by atoms with E-state index in [0.29, 0.717) is 11.1 Å². The van der Waals surface area contributed by atoms with Crippen LogP contribution in [0.3, 0.4) is 0 Å². The molecule has 4 nitrogen and oxygen atoms in total. The molecule has 0 bridgehead atoms. The van der Waals surface area contributed by atoms with E-state index >= 15 is 0 Å². The summed E-state index contributed by atoms with van der Waals surface area (Å²) in [6.07, 6.45) is 0. The van der Waals surface area contributed by atoms with Gasteiger partial charge in [-0.3, -0.25) is 9.59 Å². The van der Waals surface area contributed by atoms with Gasteiger partial charge in [-0.15, -0.1) is 0 Å². The molecule has 3 aromatic rings. The quantitative estimate of drug-likeness (QED) is 0.615. The molecule has 3 aromatic carbocycles. The Balaban J connectivity index is 1.79. The van der Waals surface area contributed by atoms with Crippen molar-refractivity contribution in [1.29, 1.82) is 0 Å². The summed E-state index contributed by atoms with van der Waals surface area (Å²) in [4.78, 5) is 25.4. The number of amides is 1. The molecule has 1 N–H and O–H groups in total. The van der Waals surface area contributed by atoms with Crippen LogP contribution in [0.25, 0.3) is 0 Å². The second-order valence-electron chi connectivity index (χ2n) is 5.91. The van der Waals surface area contributed by atoms with Gasteiger partial charge in [-0.25, -0.2) is 0 Å². The monoisotopic (exact) mass is 381 g/mol. The summed E-state index contributed by atoms with van der Waals surface area (Å²) >= 11 is 0. The highest BCUT2D eigenvalue weighted by Gasteiger charge is 2.18. The van der Waals surface area contributed by atoms with Gasteiger partial charge in [0.25, 0.3) is 5.91 Å². The Kier molecular flexibility index (Phi) is 6.11. The zero-order valence-corrected chi connectivity index (χ0v) is 14.8. The number of benzene rings is 3. The second kappa shape index (κ2) is 8.90. The molecule has 28 heavy (non-hydrogen) atoms. The van der Waals surface area contributed by atoms with Crippen molar-refractivity contribution < 1.29 is 23.1 Å². The van der Waals surface area contributed by atoms with Crippen molar-refractivity contribution in [3.8, 4) is 5.75 Å². The van der Waals surface area contributed by atoms with Gasteiger partial charge in [0.2, 0.25) is 0 Å². The minimum Gasteiger partial charge on any atom is -0.434 e. The van der Waals surface area contributed by atoms with Gasteiger partial charge in [0.05, 0.1) is 5.56 Å². The Hall–Kier alpha value is -3.54. The third-order valence-corrected chi connectivity index (χ3v) is 4.08. The largest absolute Gasteiger partial charge is 0.434 e. The summed E-state index contributed by atoms with van der Waals surface area (Å²) in [5.41, 5.74) is 1.35. The first kappa shape index (κ1) is 19.2. The van der Waals surface area contributed by atoms with E-state index in [-0.39, 0.29) is 29.2 Å². The van der Waals surface area contributed by atoms with Gasteiger partial charge in [-0.2, -0.15) is 8.78 Å². The maximum atomic E-state index is 12.7. The molecule has 0 fully saturated rings. The van der Waals surface area contributed by atoms with Crippen LogP contribution in [0, 0.1) is 0 Å². The van der Waals surface area contributed by atoms with Crippen LogP contribution in [0.5, 0.6) is 5.75 Å². The van der Waals surface area contributed by atoms with Crippen LogP contribution < -0.4 is 10.1 Å². The van der Waals surface area contributed by atoms with E-state index in [1.54, 1.807) is 72.8 Å². The smallest absolute Gasteiger partial charge is 0.387 e. The predicted octanol–water partition coefficient (Wildman–Crippen LogP) is 4.45. The number of hydrogen-bond acceptors (Lipinski definition) is 3. The number of carbonyl (C=O) groups is 2. The van der Waals surface area contributed by atoms with Crippen LogP contribution >= 0.6 is 0 Å². The number of para-hydroxylation sites is 1. The summed E-state index contributed by atoms with van der Waals surface area (Å²) < 4.78 is 29.5. The van der Waals surface area contributed by atoms with Gasteiger partial charge >= 0.3 is 6.61 Å². The Labute approximate surface area is 160 Å². The average Bonchev–Trinajstić information content (AvgIpc) is 2.72. The fourth-order valence-corrected chi connectivity index (χ4v) is 2.76. The summed E-state index contributed by atoms with van der Waals surface area (Å²) in [7, 11) is 0. The van der Waals surface area contributed by atoms with Crippen LogP contribution in [0.2, 0.25) is 0 Å². The Morgan fingerprint density at radius 2 is 1.43 bits per heavy atom. The van der Waals surface area contributed by atoms with Crippen molar-refractivity contribution in [3.63, 3.8) is 0 Å². The Morgan fingerprint density at radius 1 is 0.821 bits per heavy atom. The van der Waals surface area contributed by atoms with Gasteiger partial charge in [0.1, 0.15) is 5.75 Å². The Bertz CT molecular complexity index is 974. The topological polar surface area (TPSA) is 55.4 Å². The molecule has 0 spiro atoms. The van der Waals surface area contributed by atoms with E-state index in [1.807, 2.05) is 0 Å². The molecule has 0 aliphatic heterocycles. The van der Waals surface area contributed by atoms with E-state index in [1.165, 1.54) is 6.07 Å². The van der Waals surface area contributed by atoms with Gasteiger partial charge in [-0.05, 0) is 12.1 Å². The van der Waals surface area contributed by atoms with Gasteiger partial charge in [0.15, 0.2) is 5.78 Å². The van der Waals surface area contributed by atoms with Crippen LogP contribution in [0.15, 0.2) is 78.9 Å². The van der Waals surface area contributed by atoms with Crippen LogP contribution in [0.4, 0.5) is 8.78 Å². The lowest BCUT2D eigenvalue weighted by Crippen LogP contribution is -2.25. The molecule has 0 radical (unpaired) electrons. The highest BCUT2D eigenvalue weighted by atomic mass is 19.3. The molecule has 0 aliphatic carbocycles. The number of hydrogen-bond donors (Lipinski definition) is 1. The number of nitrogens with one attached hydrogen (secondary N) is 1. The minimum atomic E-state index is -2.96. The number of ketones is 1. The predicted molar refractivity (Wildman–Crippen MR) is 101 cm³/mol. The van der Waals surface area contributed by atoms with Crippen molar-refractivity contribution in [2.45, 2.75) is 13.2 Å².